The van der Waals surface area contributed by atoms with Crippen molar-refractivity contribution in [2.24, 2.45) is 0 Å². The zero-order chi connectivity index (χ0) is 21.5. The summed E-state index contributed by atoms with van der Waals surface area (Å²) in [4.78, 5) is 55.6. The summed E-state index contributed by atoms with van der Waals surface area (Å²) in [5.74, 6) is -0.685. The number of nitrogens with one attached hydrogen (secondary N) is 1. The number of rotatable bonds is 5. The Hall–Kier alpha value is -3.68. The van der Waals surface area contributed by atoms with Crippen LogP contribution in [0.15, 0.2) is 48.5 Å². The third kappa shape index (κ3) is 3.15. The third-order valence-electron chi connectivity index (χ3n) is 6.07. The van der Waals surface area contributed by atoms with E-state index in [1.807, 2.05) is 12.1 Å². The number of carbonyl (C=O) groups is 4. The quantitative estimate of drug-likeness (QED) is 0.798. The van der Waals surface area contributed by atoms with Crippen molar-refractivity contribution >= 4 is 29.3 Å². The molecule has 0 aliphatic carbocycles. The summed E-state index contributed by atoms with van der Waals surface area (Å²) in [5, 5.41) is 2.81. The standard InChI is InChI=1S/C23H22N4O4/c28-19(24-11-13-25-12-5-10-20(25)29)14-26-21-15-6-1-2-7-16(15)23(31)27(21)18-9-4-3-8-17(18)22(26)30/h1-4,6-9,21H,5,10-14H2,(H,24,28). The minimum atomic E-state index is -0.656. The maximum Gasteiger partial charge on any atom is 0.260 e. The zero-order valence-electron chi connectivity index (χ0n) is 16.9. The first kappa shape index (κ1) is 19.3. The summed E-state index contributed by atoms with van der Waals surface area (Å²) < 4.78 is 0. The minimum Gasteiger partial charge on any atom is -0.353 e. The van der Waals surface area contributed by atoms with Gasteiger partial charge in [0.05, 0.1) is 11.3 Å². The molecule has 1 atom stereocenters. The monoisotopic (exact) mass is 418 g/mol. The molecule has 158 valence electrons. The van der Waals surface area contributed by atoms with Gasteiger partial charge in [-0.2, -0.15) is 0 Å². The second-order valence-corrected chi connectivity index (χ2v) is 7.92. The Balaban J connectivity index is 1.39. The van der Waals surface area contributed by atoms with Crippen molar-refractivity contribution in [3.05, 3.63) is 65.2 Å². The number of amides is 4. The Bertz CT molecular complexity index is 1100. The minimum absolute atomic E-state index is 0.105. The second-order valence-electron chi connectivity index (χ2n) is 7.92. The Labute approximate surface area is 179 Å². The molecule has 0 saturated carbocycles. The van der Waals surface area contributed by atoms with Crippen molar-refractivity contribution in [3.8, 4) is 0 Å². The van der Waals surface area contributed by atoms with Crippen LogP contribution < -0.4 is 10.2 Å². The number of hydrogen-bond acceptors (Lipinski definition) is 4. The van der Waals surface area contributed by atoms with Crippen molar-refractivity contribution in [3.63, 3.8) is 0 Å². The van der Waals surface area contributed by atoms with Crippen LogP contribution in [0.2, 0.25) is 0 Å². The van der Waals surface area contributed by atoms with Crippen molar-refractivity contribution in [2.45, 2.75) is 19.0 Å². The summed E-state index contributed by atoms with van der Waals surface area (Å²) >= 11 is 0. The van der Waals surface area contributed by atoms with Gasteiger partial charge in [-0.05, 0) is 24.6 Å². The topological polar surface area (TPSA) is 90.0 Å². The number of hydrogen-bond donors (Lipinski definition) is 1. The molecule has 3 aliphatic heterocycles. The van der Waals surface area contributed by atoms with E-state index >= 15 is 0 Å². The molecule has 0 spiro atoms. The van der Waals surface area contributed by atoms with E-state index in [-0.39, 0.29) is 30.2 Å². The van der Waals surface area contributed by atoms with Gasteiger partial charge < -0.3 is 15.1 Å². The molecule has 0 radical (unpaired) electrons. The molecule has 0 aromatic heterocycles. The number of benzene rings is 2. The van der Waals surface area contributed by atoms with Crippen molar-refractivity contribution in [2.75, 3.05) is 31.1 Å². The molecule has 2 aromatic rings. The first-order valence-electron chi connectivity index (χ1n) is 10.4. The lowest BCUT2D eigenvalue weighted by Gasteiger charge is -2.40. The molecule has 8 heteroatoms. The van der Waals surface area contributed by atoms with E-state index in [1.54, 1.807) is 46.2 Å². The summed E-state index contributed by atoms with van der Waals surface area (Å²) in [5.41, 5.74) is 2.21. The number of para-hydroxylation sites is 1. The molecular formula is C23H22N4O4. The van der Waals surface area contributed by atoms with Crippen LogP contribution in [0.5, 0.6) is 0 Å². The fourth-order valence-electron chi connectivity index (χ4n) is 4.62. The van der Waals surface area contributed by atoms with Gasteiger partial charge in [0.25, 0.3) is 11.8 Å². The van der Waals surface area contributed by atoms with Gasteiger partial charge in [-0.25, -0.2) is 0 Å². The molecule has 0 bridgehead atoms. The lowest BCUT2D eigenvalue weighted by molar-refractivity contribution is -0.128. The van der Waals surface area contributed by atoms with Crippen LogP contribution in [0, 0.1) is 0 Å². The Morgan fingerprint density at radius 3 is 2.48 bits per heavy atom. The highest BCUT2D eigenvalue weighted by Gasteiger charge is 2.48. The van der Waals surface area contributed by atoms with Gasteiger partial charge in [-0.15, -0.1) is 0 Å². The molecule has 1 saturated heterocycles. The Kier molecular flexibility index (Phi) is 4.69. The van der Waals surface area contributed by atoms with E-state index in [0.29, 0.717) is 48.4 Å². The van der Waals surface area contributed by atoms with Crippen LogP contribution in [0.4, 0.5) is 5.69 Å². The van der Waals surface area contributed by atoms with Crippen LogP contribution in [-0.4, -0.2) is 59.6 Å². The van der Waals surface area contributed by atoms with Gasteiger partial charge in [-0.3, -0.25) is 24.1 Å². The van der Waals surface area contributed by atoms with Gasteiger partial charge in [-0.1, -0.05) is 30.3 Å². The van der Waals surface area contributed by atoms with Crippen LogP contribution in [-0.2, 0) is 9.59 Å². The van der Waals surface area contributed by atoms with Gasteiger partial charge in [0, 0.05) is 37.2 Å². The average Bonchev–Trinajstić information content (AvgIpc) is 3.32. The van der Waals surface area contributed by atoms with E-state index in [9.17, 15) is 19.2 Å². The first-order valence-corrected chi connectivity index (χ1v) is 10.4. The lowest BCUT2D eigenvalue weighted by Crippen LogP contribution is -2.51. The van der Waals surface area contributed by atoms with E-state index in [2.05, 4.69) is 5.32 Å². The molecular weight excluding hydrogens is 396 g/mol. The predicted octanol–water partition coefficient (Wildman–Crippen LogP) is 1.54. The second kappa shape index (κ2) is 7.54. The summed E-state index contributed by atoms with van der Waals surface area (Å²) in [6.07, 6.45) is 0.747. The number of nitrogens with zero attached hydrogens (tertiary/aromatic N) is 3. The molecule has 1 fully saturated rings. The molecule has 1 N–H and O–H groups in total. The Morgan fingerprint density at radius 2 is 1.71 bits per heavy atom. The van der Waals surface area contributed by atoms with Crippen molar-refractivity contribution in [1.82, 2.24) is 15.1 Å². The van der Waals surface area contributed by atoms with E-state index < -0.39 is 6.17 Å². The average molecular weight is 418 g/mol. The van der Waals surface area contributed by atoms with E-state index in [4.69, 9.17) is 0 Å². The van der Waals surface area contributed by atoms with Gasteiger partial charge in [0.2, 0.25) is 11.8 Å². The molecule has 8 nitrogen and oxygen atoms in total. The highest BCUT2D eigenvalue weighted by atomic mass is 16.2. The van der Waals surface area contributed by atoms with Crippen molar-refractivity contribution in [1.29, 1.82) is 0 Å². The number of anilines is 1. The molecule has 3 aliphatic rings. The molecule has 4 amide bonds. The predicted molar refractivity (Wildman–Crippen MR) is 112 cm³/mol. The molecule has 31 heavy (non-hydrogen) atoms. The normalized spacial score (nSPS) is 19.4. The zero-order valence-corrected chi connectivity index (χ0v) is 16.9. The summed E-state index contributed by atoms with van der Waals surface area (Å²) in [6.45, 7) is 1.32. The highest BCUT2D eigenvalue weighted by molar-refractivity contribution is 6.17. The van der Waals surface area contributed by atoms with Crippen LogP contribution in [0.25, 0.3) is 0 Å². The lowest BCUT2D eigenvalue weighted by atomic mass is 10.0. The van der Waals surface area contributed by atoms with Gasteiger partial charge in [0.15, 0.2) is 0 Å². The fraction of sp³-hybridized carbons (Fsp3) is 0.304. The smallest absolute Gasteiger partial charge is 0.260 e. The van der Waals surface area contributed by atoms with Gasteiger partial charge >= 0.3 is 0 Å². The summed E-state index contributed by atoms with van der Waals surface area (Å²) in [6, 6.07) is 14.2. The fourth-order valence-corrected chi connectivity index (χ4v) is 4.62. The SMILES string of the molecule is O=C(CN1C(=O)c2ccccc2N2C(=O)c3ccccc3C12)NCCN1CCCC1=O. The molecule has 3 heterocycles. The molecule has 5 rings (SSSR count). The largest absolute Gasteiger partial charge is 0.353 e. The molecule has 2 aromatic carbocycles. The highest BCUT2D eigenvalue weighted by Crippen LogP contribution is 2.44. The summed E-state index contributed by atoms with van der Waals surface area (Å²) in [7, 11) is 0. The van der Waals surface area contributed by atoms with Crippen LogP contribution in [0.3, 0.4) is 0 Å². The van der Waals surface area contributed by atoms with Crippen LogP contribution >= 0.6 is 0 Å². The third-order valence-corrected chi connectivity index (χ3v) is 6.07. The van der Waals surface area contributed by atoms with Crippen LogP contribution in [0.1, 0.15) is 45.3 Å². The molecule has 1 unspecified atom stereocenters. The van der Waals surface area contributed by atoms with Gasteiger partial charge in [0.1, 0.15) is 12.7 Å². The van der Waals surface area contributed by atoms with E-state index in [1.165, 1.54) is 4.90 Å². The number of likely N-dealkylation sites (tertiary alicyclic amines) is 1. The maximum absolute atomic E-state index is 13.3. The van der Waals surface area contributed by atoms with Crippen molar-refractivity contribution < 1.29 is 19.2 Å². The number of fused-ring (bicyclic) bond motifs is 5. The number of carbonyl (C=O) groups excluding carboxylic acids is 4. The Morgan fingerprint density at radius 1 is 0.968 bits per heavy atom. The maximum atomic E-state index is 13.3. The first-order chi connectivity index (χ1) is 15.1. The van der Waals surface area contributed by atoms with E-state index in [0.717, 1.165) is 6.42 Å².